The van der Waals surface area contributed by atoms with E-state index < -0.39 is 0 Å². The van der Waals surface area contributed by atoms with Gasteiger partial charge in [-0.2, -0.15) is 4.98 Å². The molecule has 0 radical (unpaired) electrons. The van der Waals surface area contributed by atoms with Crippen LogP contribution in [0.4, 0.5) is 6.01 Å². The van der Waals surface area contributed by atoms with Gasteiger partial charge in [-0.05, 0) is 25.8 Å². The molecule has 1 heterocycles. The minimum atomic E-state index is 0.697. The summed E-state index contributed by atoms with van der Waals surface area (Å²) >= 11 is 0. The van der Waals surface area contributed by atoms with Gasteiger partial charge in [0.15, 0.2) is 0 Å². The molecule has 0 aliphatic rings. The zero-order valence-corrected chi connectivity index (χ0v) is 10.9. The van der Waals surface area contributed by atoms with Crippen molar-refractivity contribution in [1.82, 2.24) is 10.3 Å². The number of hydrogen-bond acceptors (Lipinski definition) is 4. The fraction of sp³-hybridized carbons (Fsp3) is 0.615. The monoisotopic (exact) mass is 237 g/mol. The van der Waals surface area contributed by atoms with Crippen LogP contribution in [0.3, 0.4) is 0 Å². The second-order valence-corrected chi connectivity index (χ2v) is 4.15. The molecule has 1 aromatic heterocycles. The first kappa shape index (κ1) is 13.8. The van der Waals surface area contributed by atoms with Gasteiger partial charge in [0, 0.05) is 20.1 Å². The predicted octanol–water partition coefficient (Wildman–Crippen LogP) is 2.58. The quantitative estimate of drug-likeness (QED) is 0.529. The van der Waals surface area contributed by atoms with Gasteiger partial charge in [0.1, 0.15) is 6.26 Å². The van der Waals surface area contributed by atoms with Crippen LogP contribution in [0.15, 0.2) is 23.3 Å². The van der Waals surface area contributed by atoms with E-state index in [1.807, 2.05) is 18.0 Å². The average Bonchev–Trinajstić information content (AvgIpc) is 2.78. The Balaban J connectivity index is 2.35. The van der Waals surface area contributed by atoms with E-state index in [0.29, 0.717) is 6.01 Å². The van der Waals surface area contributed by atoms with Crippen LogP contribution in [-0.4, -0.2) is 25.1 Å². The average molecular weight is 237 g/mol. The van der Waals surface area contributed by atoms with E-state index in [2.05, 4.69) is 23.8 Å². The first-order valence-electron chi connectivity index (χ1n) is 6.25. The summed E-state index contributed by atoms with van der Waals surface area (Å²) in [6.45, 7) is 8.58. The van der Waals surface area contributed by atoms with Crippen LogP contribution in [0.1, 0.15) is 31.9 Å². The lowest BCUT2D eigenvalue weighted by Crippen LogP contribution is -2.19. The van der Waals surface area contributed by atoms with Gasteiger partial charge in [0.2, 0.25) is 0 Å². The van der Waals surface area contributed by atoms with E-state index in [0.717, 1.165) is 44.6 Å². The zero-order chi connectivity index (χ0) is 12.5. The van der Waals surface area contributed by atoms with Gasteiger partial charge < -0.3 is 14.6 Å². The number of allylic oxidation sites excluding steroid dienone is 1. The molecular weight excluding hydrogens is 214 g/mol. The van der Waals surface area contributed by atoms with Crippen molar-refractivity contribution >= 4 is 6.01 Å². The number of rotatable bonds is 9. The van der Waals surface area contributed by atoms with Crippen LogP contribution in [0, 0.1) is 0 Å². The summed E-state index contributed by atoms with van der Waals surface area (Å²) in [5, 5.41) is 3.30. The fourth-order valence-corrected chi connectivity index (χ4v) is 1.51. The van der Waals surface area contributed by atoms with E-state index in [1.54, 1.807) is 6.26 Å². The molecule has 1 aromatic rings. The Morgan fingerprint density at radius 2 is 2.41 bits per heavy atom. The first-order valence-corrected chi connectivity index (χ1v) is 6.25. The van der Waals surface area contributed by atoms with Gasteiger partial charge in [-0.3, -0.25) is 0 Å². The van der Waals surface area contributed by atoms with Crippen LogP contribution in [-0.2, 0) is 6.54 Å². The van der Waals surface area contributed by atoms with Crippen molar-refractivity contribution in [1.29, 1.82) is 0 Å². The van der Waals surface area contributed by atoms with Crippen LogP contribution in [0.5, 0.6) is 0 Å². The lowest BCUT2D eigenvalue weighted by atomic mass is 10.3. The van der Waals surface area contributed by atoms with E-state index in [-0.39, 0.29) is 0 Å². The molecule has 0 aromatic carbocycles. The fourth-order valence-electron chi connectivity index (χ4n) is 1.51. The van der Waals surface area contributed by atoms with Crippen LogP contribution >= 0.6 is 0 Å². The summed E-state index contributed by atoms with van der Waals surface area (Å²) in [4.78, 5) is 6.47. The number of unbranched alkanes of at least 4 members (excludes halogenated alkanes) is 1. The van der Waals surface area contributed by atoms with Gasteiger partial charge in [-0.25, -0.2) is 0 Å². The van der Waals surface area contributed by atoms with Crippen molar-refractivity contribution in [3.8, 4) is 0 Å². The highest BCUT2D eigenvalue weighted by atomic mass is 16.4. The van der Waals surface area contributed by atoms with Crippen molar-refractivity contribution < 1.29 is 4.42 Å². The van der Waals surface area contributed by atoms with E-state index in [1.165, 1.54) is 0 Å². The van der Waals surface area contributed by atoms with Crippen molar-refractivity contribution in [2.75, 3.05) is 25.0 Å². The Labute approximate surface area is 104 Å². The Kier molecular flexibility index (Phi) is 6.40. The normalized spacial score (nSPS) is 10.5. The van der Waals surface area contributed by atoms with Gasteiger partial charge in [-0.1, -0.05) is 13.0 Å². The molecule has 0 bridgehead atoms. The summed E-state index contributed by atoms with van der Waals surface area (Å²) in [6, 6.07) is 0.697. The summed E-state index contributed by atoms with van der Waals surface area (Å²) in [6.07, 6.45) is 6.89. The SMILES string of the molecule is C=CCCCN(C)c1nc(CNCCC)co1. The molecule has 4 nitrogen and oxygen atoms in total. The standard InChI is InChI=1S/C13H23N3O/c1-4-6-7-9-16(3)13-15-12(11-17-13)10-14-8-5-2/h4,11,14H,1,5-10H2,2-3H3. The number of nitrogens with zero attached hydrogens (tertiary/aromatic N) is 2. The molecule has 1 rings (SSSR count). The smallest absolute Gasteiger partial charge is 0.297 e. The largest absolute Gasteiger partial charge is 0.432 e. The van der Waals surface area contributed by atoms with Gasteiger partial charge in [0.05, 0.1) is 5.69 Å². The number of nitrogens with one attached hydrogen (secondary N) is 1. The molecule has 17 heavy (non-hydrogen) atoms. The molecule has 0 amide bonds. The Morgan fingerprint density at radius 1 is 1.59 bits per heavy atom. The molecule has 0 aliphatic heterocycles. The Hall–Kier alpha value is -1.29. The molecule has 0 fully saturated rings. The summed E-state index contributed by atoms with van der Waals surface area (Å²) in [7, 11) is 2.00. The van der Waals surface area contributed by atoms with Crippen LogP contribution in [0.25, 0.3) is 0 Å². The predicted molar refractivity (Wildman–Crippen MR) is 71.2 cm³/mol. The number of oxazole rings is 1. The van der Waals surface area contributed by atoms with E-state index >= 15 is 0 Å². The maximum atomic E-state index is 5.44. The van der Waals surface area contributed by atoms with Crippen LogP contribution in [0.2, 0.25) is 0 Å². The first-order chi connectivity index (χ1) is 8.27. The van der Waals surface area contributed by atoms with Crippen molar-refractivity contribution in [3.05, 3.63) is 24.6 Å². The molecule has 0 saturated carbocycles. The second-order valence-electron chi connectivity index (χ2n) is 4.15. The molecule has 0 unspecified atom stereocenters. The topological polar surface area (TPSA) is 41.3 Å². The minimum Gasteiger partial charge on any atom is -0.432 e. The molecule has 0 spiro atoms. The third-order valence-corrected chi connectivity index (χ3v) is 2.50. The third kappa shape index (κ3) is 5.04. The molecule has 0 aliphatic carbocycles. The number of anilines is 1. The molecule has 1 N–H and O–H groups in total. The molecule has 96 valence electrons. The Morgan fingerprint density at radius 3 is 3.12 bits per heavy atom. The maximum absolute atomic E-state index is 5.44. The lowest BCUT2D eigenvalue weighted by molar-refractivity contribution is 0.540. The maximum Gasteiger partial charge on any atom is 0.297 e. The van der Waals surface area contributed by atoms with E-state index in [9.17, 15) is 0 Å². The summed E-state index contributed by atoms with van der Waals surface area (Å²) in [5.41, 5.74) is 0.962. The van der Waals surface area contributed by atoms with E-state index in [4.69, 9.17) is 4.42 Å². The highest BCUT2D eigenvalue weighted by molar-refractivity contribution is 5.24. The molecule has 4 heteroatoms. The van der Waals surface area contributed by atoms with Gasteiger partial charge in [-0.15, -0.1) is 6.58 Å². The lowest BCUT2D eigenvalue weighted by Gasteiger charge is -2.12. The third-order valence-electron chi connectivity index (χ3n) is 2.50. The van der Waals surface area contributed by atoms with Crippen LogP contribution < -0.4 is 10.2 Å². The summed E-state index contributed by atoms with van der Waals surface area (Å²) < 4.78 is 5.44. The number of hydrogen-bond donors (Lipinski definition) is 1. The molecule has 0 saturated heterocycles. The summed E-state index contributed by atoms with van der Waals surface area (Å²) in [5.74, 6) is 0. The molecular formula is C13H23N3O. The Bertz CT molecular complexity index is 322. The highest BCUT2D eigenvalue weighted by Gasteiger charge is 2.07. The van der Waals surface area contributed by atoms with Crippen molar-refractivity contribution in [2.24, 2.45) is 0 Å². The van der Waals surface area contributed by atoms with Gasteiger partial charge in [0.25, 0.3) is 6.01 Å². The van der Waals surface area contributed by atoms with Crippen molar-refractivity contribution in [3.63, 3.8) is 0 Å². The van der Waals surface area contributed by atoms with Gasteiger partial charge >= 0.3 is 0 Å². The van der Waals surface area contributed by atoms with Crippen molar-refractivity contribution in [2.45, 2.75) is 32.7 Å². The number of aromatic nitrogens is 1. The zero-order valence-electron chi connectivity index (χ0n) is 10.9. The minimum absolute atomic E-state index is 0.697. The molecule has 0 atom stereocenters. The highest BCUT2D eigenvalue weighted by Crippen LogP contribution is 2.12. The second kappa shape index (κ2) is 7.90.